The molecule has 2 N–H and O–H groups in total. The molecule has 0 amide bonds. The third-order valence-corrected chi connectivity index (χ3v) is 3.57. The first-order valence-corrected chi connectivity index (χ1v) is 6.72. The van der Waals surface area contributed by atoms with Crippen LogP contribution in [-0.2, 0) is 0 Å². The third-order valence-electron chi connectivity index (χ3n) is 3.24. The maximum Gasteiger partial charge on any atom is 0.230 e. The summed E-state index contributed by atoms with van der Waals surface area (Å²) in [5.41, 5.74) is 8.63. The van der Waals surface area contributed by atoms with Gasteiger partial charge in [-0.3, -0.25) is 0 Å². The van der Waals surface area contributed by atoms with Crippen molar-refractivity contribution >= 4 is 17.5 Å². The van der Waals surface area contributed by atoms with Gasteiger partial charge in [0.15, 0.2) is 0 Å². The standard InChI is InChI=1S/C16H12ClFN2O/c1-9-6-7-13(18)11(8-9)15-14(16(19)21-20-15)10-4-2-3-5-12(10)17/h2-8H,19H2,1H3. The molecule has 2 aromatic carbocycles. The Morgan fingerprint density at radius 2 is 1.90 bits per heavy atom. The molecular formula is C16H12ClFN2O. The Labute approximate surface area is 126 Å². The molecule has 106 valence electrons. The Balaban J connectivity index is 2.27. The predicted octanol–water partition coefficient (Wildman–Crippen LogP) is 4.69. The van der Waals surface area contributed by atoms with E-state index in [1.165, 1.54) is 6.07 Å². The molecule has 5 heteroatoms. The minimum absolute atomic E-state index is 0.110. The van der Waals surface area contributed by atoms with Crippen LogP contribution in [0.15, 0.2) is 47.0 Å². The molecule has 21 heavy (non-hydrogen) atoms. The molecule has 3 nitrogen and oxygen atoms in total. The second kappa shape index (κ2) is 5.22. The summed E-state index contributed by atoms with van der Waals surface area (Å²) in [5.74, 6) is -0.277. The van der Waals surface area contributed by atoms with Gasteiger partial charge in [0.1, 0.15) is 11.5 Å². The molecule has 1 aromatic heterocycles. The van der Waals surface area contributed by atoms with Crippen molar-refractivity contribution in [2.24, 2.45) is 0 Å². The van der Waals surface area contributed by atoms with E-state index in [1.807, 2.05) is 19.1 Å². The maximum absolute atomic E-state index is 14.1. The lowest BCUT2D eigenvalue weighted by Gasteiger charge is -2.06. The predicted molar refractivity (Wildman–Crippen MR) is 81.5 cm³/mol. The van der Waals surface area contributed by atoms with Crippen LogP contribution < -0.4 is 5.73 Å². The Morgan fingerprint density at radius 1 is 1.14 bits per heavy atom. The van der Waals surface area contributed by atoms with E-state index in [0.29, 0.717) is 27.4 Å². The monoisotopic (exact) mass is 302 g/mol. The highest BCUT2D eigenvalue weighted by molar-refractivity contribution is 6.33. The Bertz CT molecular complexity index is 814. The number of aryl methyl sites for hydroxylation is 1. The van der Waals surface area contributed by atoms with E-state index < -0.39 is 0 Å². The Morgan fingerprint density at radius 3 is 2.67 bits per heavy atom. The molecule has 0 radical (unpaired) electrons. The number of benzene rings is 2. The van der Waals surface area contributed by atoms with Gasteiger partial charge < -0.3 is 10.3 Å². The van der Waals surface area contributed by atoms with Crippen molar-refractivity contribution in [2.45, 2.75) is 6.92 Å². The summed E-state index contributed by atoms with van der Waals surface area (Å²) in [6, 6.07) is 11.9. The van der Waals surface area contributed by atoms with Gasteiger partial charge in [-0.1, -0.05) is 46.6 Å². The molecule has 0 spiro atoms. The summed E-state index contributed by atoms with van der Waals surface area (Å²) in [6.45, 7) is 1.88. The number of anilines is 1. The highest BCUT2D eigenvalue weighted by Gasteiger charge is 2.21. The zero-order valence-corrected chi connectivity index (χ0v) is 12.0. The lowest BCUT2D eigenvalue weighted by molar-refractivity contribution is 0.439. The van der Waals surface area contributed by atoms with E-state index in [-0.39, 0.29) is 11.7 Å². The fourth-order valence-electron chi connectivity index (χ4n) is 2.23. The van der Waals surface area contributed by atoms with Crippen molar-refractivity contribution in [3.8, 4) is 22.4 Å². The number of halogens is 2. The zero-order valence-electron chi connectivity index (χ0n) is 11.2. The van der Waals surface area contributed by atoms with E-state index in [1.54, 1.807) is 24.3 Å². The second-order valence-electron chi connectivity index (χ2n) is 4.73. The number of rotatable bonds is 2. The first kappa shape index (κ1) is 13.6. The number of nitrogens with zero attached hydrogens (tertiary/aromatic N) is 1. The van der Waals surface area contributed by atoms with Crippen LogP contribution in [-0.4, -0.2) is 5.16 Å². The summed E-state index contributed by atoms with van der Waals surface area (Å²) in [7, 11) is 0. The highest BCUT2D eigenvalue weighted by Crippen LogP contribution is 2.40. The maximum atomic E-state index is 14.1. The average molecular weight is 303 g/mol. The number of hydrogen-bond acceptors (Lipinski definition) is 3. The van der Waals surface area contributed by atoms with Crippen molar-refractivity contribution < 1.29 is 8.91 Å². The summed E-state index contributed by atoms with van der Waals surface area (Å²) in [4.78, 5) is 0. The lowest BCUT2D eigenvalue weighted by Crippen LogP contribution is -1.91. The van der Waals surface area contributed by atoms with Crippen LogP contribution in [0.2, 0.25) is 5.02 Å². The van der Waals surface area contributed by atoms with Gasteiger partial charge in [0.25, 0.3) is 0 Å². The lowest BCUT2D eigenvalue weighted by atomic mass is 9.99. The Hall–Kier alpha value is -2.33. The largest absolute Gasteiger partial charge is 0.367 e. The summed E-state index contributed by atoms with van der Waals surface area (Å²) < 4.78 is 19.2. The minimum atomic E-state index is -0.387. The van der Waals surface area contributed by atoms with Crippen molar-refractivity contribution in [1.29, 1.82) is 0 Å². The minimum Gasteiger partial charge on any atom is -0.367 e. The molecule has 0 bridgehead atoms. The quantitative estimate of drug-likeness (QED) is 0.747. The molecule has 1 heterocycles. The van der Waals surface area contributed by atoms with Crippen LogP contribution in [0.3, 0.4) is 0 Å². The van der Waals surface area contributed by atoms with E-state index in [4.69, 9.17) is 21.9 Å². The third kappa shape index (κ3) is 2.38. The number of aromatic nitrogens is 1. The second-order valence-corrected chi connectivity index (χ2v) is 5.14. The van der Waals surface area contributed by atoms with Crippen LogP contribution in [0.5, 0.6) is 0 Å². The number of nitrogens with two attached hydrogens (primary N) is 1. The van der Waals surface area contributed by atoms with Gasteiger partial charge in [0.2, 0.25) is 5.88 Å². The fourth-order valence-corrected chi connectivity index (χ4v) is 2.46. The molecule has 0 aliphatic heterocycles. The topological polar surface area (TPSA) is 52.0 Å². The Kier molecular flexibility index (Phi) is 3.39. The SMILES string of the molecule is Cc1ccc(F)c(-c2noc(N)c2-c2ccccc2Cl)c1. The van der Waals surface area contributed by atoms with Gasteiger partial charge in [-0.15, -0.1) is 0 Å². The molecule has 3 aromatic rings. The van der Waals surface area contributed by atoms with Crippen LogP contribution in [0.4, 0.5) is 10.3 Å². The van der Waals surface area contributed by atoms with Crippen molar-refractivity contribution in [1.82, 2.24) is 5.16 Å². The molecule has 0 saturated carbocycles. The molecule has 3 rings (SSSR count). The molecule has 0 aliphatic carbocycles. The normalized spacial score (nSPS) is 10.8. The van der Waals surface area contributed by atoms with Crippen LogP contribution in [0, 0.1) is 12.7 Å². The van der Waals surface area contributed by atoms with E-state index in [0.717, 1.165) is 5.56 Å². The summed E-state index contributed by atoms with van der Waals surface area (Å²) in [5, 5.41) is 4.41. The summed E-state index contributed by atoms with van der Waals surface area (Å²) in [6.07, 6.45) is 0. The van der Waals surface area contributed by atoms with Gasteiger partial charge in [0, 0.05) is 16.1 Å². The van der Waals surface area contributed by atoms with Crippen molar-refractivity contribution in [3.63, 3.8) is 0 Å². The van der Waals surface area contributed by atoms with Crippen molar-refractivity contribution in [3.05, 3.63) is 58.9 Å². The van der Waals surface area contributed by atoms with E-state index in [2.05, 4.69) is 5.16 Å². The van der Waals surface area contributed by atoms with Gasteiger partial charge in [0.05, 0.1) is 5.56 Å². The van der Waals surface area contributed by atoms with E-state index in [9.17, 15) is 4.39 Å². The molecule has 0 atom stereocenters. The smallest absolute Gasteiger partial charge is 0.230 e. The fraction of sp³-hybridized carbons (Fsp3) is 0.0625. The molecule has 0 fully saturated rings. The number of hydrogen-bond donors (Lipinski definition) is 1. The van der Waals surface area contributed by atoms with Crippen LogP contribution in [0.1, 0.15) is 5.56 Å². The molecular weight excluding hydrogens is 291 g/mol. The van der Waals surface area contributed by atoms with Crippen LogP contribution in [0.25, 0.3) is 22.4 Å². The first-order chi connectivity index (χ1) is 10.1. The van der Waals surface area contributed by atoms with Gasteiger partial charge in [-0.05, 0) is 25.1 Å². The van der Waals surface area contributed by atoms with Crippen molar-refractivity contribution in [2.75, 3.05) is 5.73 Å². The van der Waals surface area contributed by atoms with Gasteiger partial charge in [-0.2, -0.15) is 0 Å². The van der Waals surface area contributed by atoms with Gasteiger partial charge in [-0.25, -0.2) is 4.39 Å². The molecule has 0 unspecified atom stereocenters. The molecule has 0 saturated heterocycles. The van der Waals surface area contributed by atoms with E-state index >= 15 is 0 Å². The zero-order chi connectivity index (χ0) is 15.0. The van der Waals surface area contributed by atoms with Gasteiger partial charge >= 0.3 is 0 Å². The number of nitrogen functional groups attached to an aromatic ring is 1. The average Bonchev–Trinajstić information content (AvgIpc) is 2.84. The highest BCUT2D eigenvalue weighted by atomic mass is 35.5. The first-order valence-electron chi connectivity index (χ1n) is 6.34. The van der Waals surface area contributed by atoms with Crippen LogP contribution >= 0.6 is 11.6 Å². The summed E-state index contributed by atoms with van der Waals surface area (Å²) >= 11 is 6.20. The molecule has 0 aliphatic rings.